The minimum absolute atomic E-state index is 0.141. The molecule has 15 heteroatoms. The summed E-state index contributed by atoms with van der Waals surface area (Å²) in [5.41, 5.74) is -4.38. The van der Waals surface area contributed by atoms with Crippen LogP contribution in [-0.4, -0.2) is 23.9 Å². The van der Waals surface area contributed by atoms with Gasteiger partial charge in [-0.15, -0.1) is 0 Å². The number of rotatable bonds is 2. The van der Waals surface area contributed by atoms with Gasteiger partial charge in [0.15, 0.2) is 0 Å². The summed E-state index contributed by atoms with van der Waals surface area (Å²) in [5.74, 6) is -1.69. The van der Waals surface area contributed by atoms with E-state index in [4.69, 9.17) is 21.6 Å². The average Bonchev–Trinajstić information content (AvgIpc) is 2.54. The quantitative estimate of drug-likeness (QED) is 0.200. The van der Waals surface area contributed by atoms with Crippen LogP contribution in [0.1, 0.15) is 16.7 Å². The van der Waals surface area contributed by atoms with Gasteiger partial charge in [0.25, 0.3) is 10.1 Å². The Labute approximate surface area is 172 Å². The topological polar surface area (TPSA) is 114 Å². The number of aromatic nitrogens is 1. The number of nitrogens with zero attached hydrogens (tertiary/aromatic N) is 1. The van der Waals surface area contributed by atoms with Gasteiger partial charge in [0.05, 0.1) is 15.6 Å². The molecule has 2 N–H and O–H groups in total. The first-order valence-electron chi connectivity index (χ1n) is 6.77. The Balaban J connectivity index is 0.000000308. The molecule has 2 rings (SSSR count). The predicted molar refractivity (Wildman–Crippen MR) is 90.0 cm³/mol. The monoisotopic (exact) mass is 527 g/mol. The number of hydrogen-bond acceptors (Lipinski definition) is 5. The zero-order valence-electron chi connectivity index (χ0n) is 13.4. The zero-order valence-corrected chi connectivity index (χ0v) is 16.6. The highest BCUT2D eigenvalue weighted by molar-refractivity contribution is 9.10. The Hall–Kier alpha value is -1.90. The summed E-state index contributed by atoms with van der Waals surface area (Å²) in [6.07, 6.45) is -9.08. The minimum atomic E-state index is -5.12. The van der Waals surface area contributed by atoms with Crippen molar-refractivity contribution >= 4 is 43.5 Å². The number of alkyl halides is 6. The van der Waals surface area contributed by atoms with Crippen molar-refractivity contribution in [2.75, 3.05) is 0 Å². The second kappa shape index (κ2) is 8.85. The Morgan fingerprint density at radius 2 is 1.69 bits per heavy atom. The van der Waals surface area contributed by atoms with E-state index < -0.39 is 45.1 Å². The van der Waals surface area contributed by atoms with Crippen LogP contribution in [0.3, 0.4) is 0 Å². The standard InChI is InChI=1S/C9H5F6NO.C5H3BrClNO3S/c10-8(11,12)4-1-2-5(7(16)17)6(3-4)9(13,14)15;6-4-1-3(12(9,10)11)2-8-5(4)7/h1-3H,(H2,16,17);1-2H,(H,9,10,11)/p-1. The molecule has 0 spiro atoms. The Kier molecular flexibility index (Phi) is 7.67. The molecule has 1 aromatic heterocycles. The van der Waals surface area contributed by atoms with E-state index in [0.717, 1.165) is 6.20 Å². The maximum Gasteiger partial charge on any atom is 0.417 e. The summed E-state index contributed by atoms with van der Waals surface area (Å²) in [6, 6.07) is 1.67. The molecule has 0 saturated heterocycles. The predicted octanol–water partition coefficient (Wildman–Crippen LogP) is 4.15. The molecule has 160 valence electrons. The number of benzene rings is 1. The van der Waals surface area contributed by atoms with Crippen molar-refractivity contribution in [2.24, 2.45) is 0 Å². The molecule has 1 heterocycles. The highest BCUT2D eigenvalue weighted by Crippen LogP contribution is 2.37. The van der Waals surface area contributed by atoms with Gasteiger partial charge >= 0.3 is 12.4 Å². The summed E-state index contributed by atoms with van der Waals surface area (Å²) in [5, 5.41) is 17.2. The lowest BCUT2D eigenvalue weighted by Crippen LogP contribution is -2.23. The third kappa shape index (κ3) is 7.13. The van der Waals surface area contributed by atoms with Gasteiger partial charge in [-0.05, 0) is 45.6 Å². The van der Waals surface area contributed by atoms with Crippen LogP contribution in [0.5, 0.6) is 0 Å². The molecule has 0 radical (unpaired) electrons. The van der Waals surface area contributed by atoms with Crippen LogP contribution in [-0.2, 0) is 22.5 Å². The minimum Gasteiger partial charge on any atom is -0.859 e. The summed E-state index contributed by atoms with van der Waals surface area (Å²) in [6.45, 7) is 0. The van der Waals surface area contributed by atoms with E-state index in [1.807, 2.05) is 0 Å². The van der Waals surface area contributed by atoms with Crippen molar-refractivity contribution in [1.82, 2.24) is 4.98 Å². The zero-order chi connectivity index (χ0) is 22.8. The van der Waals surface area contributed by atoms with Crippen molar-refractivity contribution < 1.29 is 44.4 Å². The van der Waals surface area contributed by atoms with Crippen LogP contribution in [0.25, 0.3) is 0 Å². The van der Waals surface area contributed by atoms with E-state index in [0.29, 0.717) is 16.6 Å². The van der Waals surface area contributed by atoms with E-state index >= 15 is 0 Å². The maximum absolute atomic E-state index is 12.4. The molecule has 0 fully saturated rings. The lowest BCUT2D eigenvalue weighted by molar-refractivity contribution is -0.215. The summed E-state index contributed by atoms with van der Waals surface area (Å²) in [4.78, 5) is 3.23. The first-order valence-corrected chi connectivity index (χ1v) is 9.38. The van der Waals surface area contributed by atoms with E-state index in [1.54, 1.807) is 0 Å². The fourth-order valence-corrected chi connectivity index (χ4v) is 2.75. The lowest BCUT2D eigenvalue weighted by Gasteiger charge is -2.18. The second-order valence-electron chi connectivity index (χ2n) is 5.00. The SMILES string of the molecule is N=C([O-])c1ccc(C(F)(F)F)cc1C(F)(F)F.O=S(=O)(O)c1cnc(Cl)c(Br)c1. The largest absolute Gasteiger partial charge is 0.859 e. The van der Waals surface area contributed by atoms with E-state index in [9.17, 15) is 39.9 Å². The molecule has 0 aliphatic heterocycles. The second-order valence-corrected chi connectivity index (χ2v) is 7.64. The highest BCUT2D eigenvalue weighted by atomic mass is 79.9. The fourth-order valence-electron chi connectivity index (χ4n) is 1.70. The van der Waals surface area contributed by atoms with Crippen LogP contribution >= 0.6 is 27.5 Å². The number of pyridine rings is 1. The molecule has 0 bridgehead atoms. The van der Waals surface area contributed by atoms with Gasteiger partial charge in [0, 0.05) is 6.20 Å². The van der Waals surface area contributed by atoms with Crippen LogP contribution in [0, 0.1) is 5.41 Å². The molecule has 0 unspecified atom stereocenters. The fraction of sp³-hybridized carbons (Fsp3) is 0.143. The molecule has 2 aromatic rings. The van der Waals surface area contributed by atoms with Crippen molar-refractivity contribution in [3.05, 3.63) is 56.8 Å². The smallest absolute Gasteiger partial charge is 0.417 e. The lowest BCUT2D eigenvalue weighted by atomic mass is 10.0. The van der Waals surface area contributed by atoms with Crippen LogP contribution in [0.4, 0.5) is 26.3 Å². The van der Waals surface area contributed by atoms with Gasteiger partial charge in [0.1, 0.15) is 10.0 Å². The number of hydrogen-bond donors (Lipinski definition) is 2. The van der Waals surface area contributed by atoms with Gasteiger partial charge in [-0.1, -0.05) is 17.7 Å². The van der Waals surface area contributed by atoms with Crippen LogP contribution in [0.15, 0.2) is 39.8 Å². The molecule has 6 nitrogen and oxygen atoms in total. The van der Waals surface area contributed by atoms with Crippen molar-refractivity contribution in [1.29, 1.82) is 5.41 Å². The number of nitrogens with one attached hydrogen (secondary N) is 1. The van der Waals surface area contributed by atoms with Gasteiger partial charge < -0.3 is 10.5 Å². The Morgan fingerprint density at radius 3 is 2.07 bits per heavy atom. The van der Waals surface area contributed by atoms with E-state index in [-0.39, 0.29) is 16.1 Å². The molecule has 0 aliphatic carbocycles. The molecular weight excluding hydrogens is 522 g/mol. The molecule has 29 heavy (non-hydrogen) atoms. The number of halogens is 8. The average molecular weight is 529 g/mol. The van der Waals surface area contributed by atoms with Gasteiger partial charge in [-0.2, -0.15) is 34.8 Å². The molecule has 0 saturated carbocycles. The van der Waals surface area contributed by atoms with E-state index in [2.05, 4.69) is 20.9 Å². The first-order chi connectivity index (χ1) is 12.9. The Bertz CT molecular complexity index is 1030. The van der Waals surface area contributed by atoms with Crippen LogP contribution in [0.2, 0.25) is 5.15 Å². The van der Waals surface area contributed by atoms with Gasteiger partial charge in [0.2, 0.25) is 0 Å². The molecule has 0 atom stereocenters. The van der Waals surface area contributed by atoms with Crippen molar-refractivity contribution in [2.45, 2.75) is 17.2 Å². The van der Waals surface area contributed by atoms with Crippen LogP contribution < -0.4 is 5.11 Å². The molecular formula is C14H7BrClF6N2O4S-. The summed E-state index contributed by atoms with van der Waals surface area (Å²) < 4.78 is 104. The summed E-state index contributed by atoms with van der Waals surface area (Å²) >= 11 is 8.46. The third-order valence-electron chi connectivity index (χ3n) is 2.97. The van der Waals surface area contributed by atoms with Gasteiger partial charge in [-0.25, -0.2) is 4.98 Å². The normalized spacial score (nSPS) is 12.2. The van der Waals surface area contributed by atoms with Gasteiger partial charge in [-0.3, -0.25) is 4.55 Å². The molecule has 1 aromatic carbocycles. The van der Waals surface area contributed by atoms with Crippen molar-refractivity contribution in [3.8, 4) is 0 Å². The highest BCUT2D eigenvalue weighted by Gasteiger charge is 2.38. The Morgan fingerprint density at radius 1 is 1.14 bits per heavy atom. The van der Waals surface area contributed by atoms with E-state index in [1.165, 1.54) is 6.07 Å². The van der Waals surface area contributed by atoms with Crippen molar-refractivity contribution in [3.63, 3.8) is 0 Å². The third-order valence-corrected chi connectivity index (χ3v) is 4.92. The molecule has 0 aliphatic rings. The maximum atomic E-state index is 12.4. The first kappa shape index (κ1) is 25.1. The molecule has 0 amide bonds. The summed E-state index contributed by atoms with van der Waals surface area (Å²) in [7, 11) is -4.19.